The van der Waals surface area contributed by atoms with Crippen molar-refractivity contribution >= 4 is 11.9 Å². The Morgan fingerprint density at radius 2 is 1.82 bits per heavy atom. The molecule has 3 N–H and O–H groups in total. The minimum atomic E-state index is -0.804. The van der Waals surface area contributed by atoms with Crippen LogP contribution in [0.15, 0.2) is 0 Å². The minimum absolute atomic E-state index is 0.0589. The summed E-state index contributed by atoms with van der Waals surface area (Å²) in [5.74, 6) is -1.22. The highest BCUT2D eigenvalue weighted by molar-refractivity contribution is 5.83. The van der Waals surface area contributed by atoms with E-state index in [0.29, 0.717) is 13.1 Å². The van der Waals surface area contributed by atoms with E-state index in [1.807, 2.05) is 20.8 Å². The van der Waals surface area contributed by atoms with Gasteiger partial charge >= 0.3 is 5.97 Å². The van der Waals surface area contributed by atoms with Crippen LogP contribution in [0.3, 0.4) is 0 Å². The first-order valence-corrected chi connectivity index (χ1v) is 5.91. The maximum absolute atomic E-state index is 12.0. The number of carboxylic acid groups (broad SMARTS) is 1. The molecule has 5 nitrogen and oxygen atoms in total. The summed E-state index contributed by atoms with van der Waals surface area (Å²) in [6.07, 6.45) is 0. The summed E-state index contributed by atoms with van der Waals surface area (Å²) < 4.78 is 0. The second kappa shape index (κ2) is 4.64. The van der Waals surface area contributed by atoms with Gasteiger partial charge in [0, 0.05) is 19.0 Å². The number of nitrogens with two attached hydrogens (primary N) is 1. The number of hydrogen-bond acceptors (Lipinski definition) is 3. The van der Waals surface area contributed by atoms with E-state index in [1.165, 1.54) is 0 Å². The monoisotopic (exact) mass is 242 g/mol. The Morgan fingerprint density at radius 3 is 2.18 bits per heavy atom. The molecule has 1 aliphatic rings. The van der Waals surface area contributed by atoms with Crippen LogP contribution in [-0.2, 0) is 9.59 Å². The van der Waals surface area contributed by atoms with Crippen LogP contribution in [0.5, 0.6) is 0 Å². The van der Waals surface area contributed by atoms with Crippen molar-refractivity contribution in [1.29, 1.82) is 0 Å². The van der Waals surface area contributed by atoms with Gasteiger partial charge in [0.1, 0.15) is 0 Å². The van der Waals surface area contributed by atoms with Crippen molar-refractivity contribution in [3.05, 3.63) is 0 Å². The SMILES string of the molecule is CC(C(=O)O)C1CN(C(=O)[C@@H](N)C(C)(C)C)C1. The first kappa shape index (κ1) is 14.0. The van der Waals surface area contributed by atoms with Crippen LogP contribution in [0.1, 0.15) is 27.7 Å². The van der Waals surface area contributed by atoms with Gasteiger partial charge in [-0.3, -0.25) is 9.59 Å². The van der Waals surface area contributed by atoms with Crippen molar-refractivity contribution in [3.8, 4) is 0 Å². The predicted molar refractivity (Wildman–Crippen MR) is 64.3 cm³/mol. The van der Waals surface area contributed by atoms with Gasteiger partial charge in [-0.25, -0.2) is 0 Å². The lowest BCUT2D eigenvalue weighted by atomic mass is 9.83. The summed E-state index contributed by atoms with van der Waals surface area (Å²) in [5.41, 5.74) is 5.62. The molecule has 0 aromatic heterocycles. The zero-order valence-corrected chi connectivity index (χ0v) is 10.9. The molecule has 2 atom stereocenters. The van der Waals surface area contributed by atoms with E-state index in [1.54, 1.807) is 11.8 Å². The van der Waals surface area contributed by atoms with E-state index in [0.717, 1.165) is 0 Å². The molecule has 1 rings (SSSR count). The quantitative estimate of drug-likeness (QED) is 0.756. The molecule has 1 amide bonds. The molecule has 1 saturated heterocycles. The number of aliphatic carboxylic acids is 1. The van der Waals surface area contributed by atoms with E-state index in [2.05, 4.69) is 0 Å². The van der Waals surface area contributed by atoms with Crippen molar-refractivity contribution in [2.75, 3.05) is 13.1 Å². The van der Waals surface area contributed by atoms with Gasteiger partial charge in [-0.1, -0.05) is 27.7 Å². The van der Waals surface area contributed by atoms with Crippen molar-refractivity contribution in [1.82, 2.24) is 4.90 Å². The Labute approximate surface area is 102 Å². The second-order valence-electron chi connectivity index (χ2n) is 5.97. The van der Waals surface area contributed by atoms with Gasteiger partial charge in [-0.05, 0) is 5.41 Å². The summed E-state index contributed by atoms with van der Waals surface area (Å²) in [5, 5.41) is 8.85. The molecule has 0 aliphatic carbocycles. The topological polar surface area (TPSA) is 83.6 Å². The second-order valence-corrected chi connectivity index (χ2v) is 5.97. The number of carbonyl (C=O) groups is 2. The number of amides is 1. The Hall–Kier alpha value is -1.10. The third kappa shape index (κ3) is 2.97. The zero-order chi connectivity index (χ0) is 13.4. The third-order valence-corrected chi connectivity index (χ3v) is 3.52. The highest BCUT2D eigenvalue weighted by Gasteiger charge is 2.40. The largest absolute Gasteiger partial charge is 0.481 e. The van der Waals surface area contributed by atoms with Crippen LogP contribution >= 0.6 is 0 Å². The van der Waals surface area contributed by atoms with Crippen LogP contribution in [0.2, 0.25) is 0 Å². The van der Waals surface area contributed by atoms with Crippen molar-refractivity contribution < 1.29 is 14.7 Å². The fourth-order valence-corrected chi connectivity index (χ4v) is 1.78. The van der Waals surface area contributed by atoms with E-state index in [-0.39, 0.29) is 17.2 Å². The number of likely N-dealkylation sites (tertiary alicyclic amines) is 1. The third-order valence-electron chi connectivity index (χ3n) is 3.52. The summed E-state index contributed by atoms with van der Waals surface area (Å²) in [6.45, 7) is 8.47. The molecule has 0 aromatic rings. The molecule has 1 heterocycles. The van der Waals surface area contributed by atoms with E-state index >= 15 is 0 Å². The van der Waals surface area contributed by atoms with Gasteiger partial charge in [0.2, 0.25) is 5.91 Å². The lowest BCUT2D eigenvalue weighted by molar-refractivity contribution is -0.152. The average molecular weight is 242 g/mol. The molecular weight excluding hydrogens is 220 g/mol. The van der Waals surface area contributed by atoms with Crippen molar-refractivity contribution in [2.24, 2.45) is 23.0 Å². The van der Waals surface area contributed by atoms with E-state index in [9.17, 15) is 9.59 Å². The lowest BCUT2D eigenvalue weighted by Crippen LogP contribution is -2.60. The lowest BCUT2D eigenvalue weighted by Gasteiger charge is -2.44. The molecular formula is C12H22N2O3. The molecule has 0 saturated carbocycles. The molecule has 0 aromatic carbocycles. The molecule has 1 unspecified atom stereocenters. The number of carboxylic acids is 1. The smallest absolute Gasteiger partial charge is 0.306 e. The van der Waals surface area contributed by atoms with Crippen molar-refractivity contribution in [3.63, 3.8) is 0 Å². The summed E-state index contributed by atoms with van der Waals surface area (Å²) in [6, 6.07) is -0.524. The Morgan fingerprint density at radius 1 is 1.35 bits per heavy atom. The maximum atomic E-state index is 12.0. The Kier molecular flexibility index (Phi) is 3.81. The number of nitrogens with zero attached hydrogens (tertiary/aromatic N) is 1. The minimum Gasteiger partial charge on any atom is -0.481 e. The molecule has 0 radical (unpaired) electrons. The highest BCUT2D eigenvalue weighted by Crippen LogP contribution is 2.27. The first-order chi connectivity index (χ1) is 7.64. The fourth-order valence-electron chi connectivity index (χ4n) is 1.78. The molecule has 1 fully saturated rings. The normalized spacial score (nSPS) is 20.6. The number of carbonyl (C=O) groups excluding carboxylic acids is 1. The molecule has 0 bridgehead atoms. The first-order valence-electron chi connectivity index (χ1n) is 5.91. The van der Waals surface area contributed by atoms with Crippen LogP contribution < -0.4 is 5.73 Å². The number of rotatable bonds is 3. The molecule has 5 heteroatoms. The highest BCUT2D eigenvalue weighted by atomic mass is 16.4. The van der Waals surface area contributed by atoms with Gasteiger partial charge < -0.3 is 15.7 Å². The van der Waals surface area contributed by atoms with Crippen LogP contribution in [0, 0.1) is 17.3 Å². The van der Waals surface area contributed by atoms with Gasteiger partial charge in [0.25, 0.3) is 0 Å². The van der Waals surface area contributed by atoms with Crippen LogP contribution in [0.25, 0.3) is 0 Å². The van der Waals surface area contributed by atoms with Crippen molar-refractivity contribution in [2.45, 2.75) is 33.7 Å². The average Bonchev–Trinajstić information content (AvgIpc) is 2.12. The summed E-state index contributed by atoms with van der Waals surface area (Å²) >= 11 is 0. The Balaban J connectivity index is 2.48. The van der Waals surface area contributed by atoms with Gasteiger partial charge in [0.05, 0.1) is 12.0 Å². The maximum Gasteiger partial charge on any atom is 0.306 e. The summed E-state index contributed by atoms with van der Waals surface area (Å²) in [4.78, 5) is 24.4. The summed E-state index contributed by atoms with van der Waals surface area (Å²) in [7, 11) is 0. The van der Waals surface area contributed by atoms with Gasteiger partial charge in [-0.2, -0.15) is 0 Å². The zero-order valence-electron chi connectivity index (χ0n) is 10.9. The standard InChI is InChI=1S/C12H22N2O3/c1-7(11(16)17)8-5-14(6-8)10(15)9(13)12(2,3)4/h7-9H,5-6,13H2,1-4H3,(H,16,17)/t7?,9-/m1/s1. The van der Waals surface area contributed by atoms with Gasteiger partial charge in [0.15, 0.2) is 0 Å². The number of hydrogen-bond donors (Lipinski definition) is 2. The van der Waals surface area contributed by atoms with Crippen LogP contribution in [0.4, 0.5) is 0 Å². The molecule has 98 valence electrons. The van der Waals surface area contributed by atoms with Crippen LogP contribution in [-0.4, -0.2) is 41.0 Å². The van der Waals surface area contributed by atoms with E-state index < -0.39 is 17.9 Å². The fraction of sp³-hybridized carbons (Fsp3) is 0.833. The van der Waals surface area contributed by atoms with Gasteiger partial charge in [-0.15, -0.1) is 0 Å². The molecule has 0 spiro atoms. The molecule has 17 heavy (non-hydrogen) atoms. The predicted octanol–water partition coefficient (Wildman–Crippen LogP) is 0.539. The van der Waals surface area contributed by atoms with E-state index in [4.69, 9.17) is 10.8 Å². The Bertz CT molecular complexity index is 316. The molecule has 1 aliphatic heterocycles.